The van der Waals surface area contributed by atoms with Gasteiger partial charge in [0.05, 0.1) is 34.1 Å². The lowest BCUT2D eigenvalue weighted by atomic mass is 10.0. The zero-order valence-corrected chi connectivity index (χ0v) is 23.1. The predicted octanol–water partition coefficient (Wildman–Crippen LogP) is 6.25. The molecule has 7 nitrogen and oxygen atoms in total. The number of carbonyl (C=O) groups is 2. The van der Waals surface area contributed by atoms with Crippen molar-refractivity contribution in [2.24, 2.45) is 0 Å². The van der Waals surface area contributed by atoms with Crippen LogP contribution in [-0.2, 0) is 17.4 Å². The topological polar surface area (TPSA) is 71.3 Å². The minimum absolute atomic E-state index is 0.0417. The molecule has 2 aliphatic heterocycles. The molecule has 0 radical (unpaired) electrons. The van der Waals surface area contributed by atoms with E-state index in [1.54, 1.807) is 42.3 Å². The first-order valence-corrected chi connectivity index (χ1v) is 13.7. The van der Waals surface area contributed by atoms with Crippen molar-refractivity contribution in [2.75, 3.05) is 18.0 Å². The van der Waals surface area contributed by atoms with Crippen LogP contribution >= 0.6 is 11.6 Å². The molecule has 2 aliphatic rings. The van der Waals surface area contributed by atoms with Crippen LogP contribution in [0.5, 0.6) is 0 Å². The van der Waals surface area contributed by atoms with E-state index in [-0.39, 0.29) is 29.8 Å². The Labute approximate surface area is 243 Å². The third-order valence-electron chi connectivity index (χ3n) is 7.75. The number of nitrogens with zero attached hydrogens (tertiary/aromatic N) is 5. The van der Waals surface area contributed by atoms with Gasteiger partial charge in [-0.2, -0.15) is 18.3 Å². The highest BCUT2D eigenvalue weighted by atomic mass is 35.5. The van der Waals surface area contributed by atoms with Gasteiger partial charge in [-0.15, -0.1) is 0 Å². The van der Waals surface area contributed by atoms with Crippen molar-refractivity contribution in [1.29, 1.82) is 0 Å². The molecule has 42 heavy (non-hydrogen) atoms. The number of aromatic nitrogens is 3. The van der Waals surface area contributed by atoms with Crippen molar-refractivity contribution in [1.82, 2.24) is 19.7 Å². The number of aryl methyl sites for hydroxylation is 1. The number of hydrogen-bond donors (Lipinski definition) is 0. The molecular weight excluding hydrogens is 574 g/mol. The van der Waals surface area contributed by atoms with Crippen LogP contribution in [0.3, 0.4) is 0 Å². The van der Waals surface area contributed by atoms with Gasteiger partial charge in [0, 0.05) is 37.1 Å². The normalized spacial score (nSPS) is 15.8. The zero-order valence-electron chi connectivity index (χ0n) is 22.3. The molecule has 4 aromatic rings. The van der Waals surface area contributed by atoms with Crippen LogP contribution in [0.2, 0.25) is 5.02 Å². The zero-order chi connectivity index (χ0) is 29.8. The molecule has 0 N–H and O–H groups in total. The molecule has 0 atom stereocenters. The van der Waals surface area contributed by atoms with E-state index in [0.717, 1.165) is 12.1 Å². The number of likely N-dealkylation sites (tertiary alicyclic amines) is 1. The molecule has 1 fully saturated rings. The Balaban J connectivity index is 1.28. The number of hydrogen-bond acceptors (Lipinski definition) is 4. The first kappa shape index (κ1) is 27.9. The first-order valence-electron chi connectivity index (χ1n) is 13.3. The highest BCUT2D eigenvalue weighted by Crippen LogP contribution is 2.38. The molecule has 1 saturated heterocycles. The molecule has 2 aromatic carbocycles. The van der Waals surface area contributed by atoms with E-state index in [0.29, 0.717) is 54.0 Å². The summed E-state index contributed by atoms with van der Waals surface area (Å²) < 4.78 is 57.1. The van der Waals surface area contributed by atoms with Gasteiger partial charge in [0.25, 0.3) is 5.91 Å². The number of anilines is 1. The molecule has 0 spiro atoms. The third kappa shape index (κ3) is 4.91. The molecule has 0 unspecified atom stereocenters. The van der Waals surface area contributed by atoms with Crippen LogP contribution in [0.1, 0.15) is 40.0 Å². The van der Waals surface area contributed by atoms with E-state index in [1.165, 1.54) is 27.9 Å². The number of carbonyl (C=O) groups excluding carboxylic acids is 2. The average molecular weight is 598 g/mol. The Bertz CT molecular complexity index is 1700. The van der Waals surface area contributed by atoms with Crippen molar-refractivity contribution in [3.63, 3.8) is 0 Å². The van der Waals surface area contributed by atoms with E-state index in [1.807, 2.05) is 0 Å². The van der Waals surface area contributed by atoms with Crippen LogP contribution in [0.25, 0.3) is 16.9 Å². The van der Waals surface area contributed by atoms with Crippen LogP contribution < -0.4 is 4.90 Å². The fourth-order valence-corrected chi connectivity index (χ4v) is 5.85. The minimum Gasteiger partial charge on any atom is -0.337 e. The lowest BCUT2D eigenvalue weighted by molar-refractivity contribution is -0.137. The van der Waals surface area contributed by atoms with E-state index in [4.69, 9.17) is 11.6 Å². The van der Waals surface area contributed by atoms with Gasteiger partial charge in [0.15, 0.2) is 5.69 Å². The number of alkyl halides is 3. The molecule has 2 aromatic heterocycles. The Morgan fingerprint density at radius 1 is 1.07 bits per heavy atom. The average Bonchev–Trinajstić information content (AvgIpc) is 3.57. The number of rotatable bonds is 4. The summed E-state index contributed by atoms with van der Waals surface area (Å²) >= 11 is 5.83. The Hall–Kier alpha value is -4.25. The fraction of sp³-hybridized carbons (Fsp3) is 0.267. The van der Waals surface area contributed by atoms with Gasteiger partial charge in [-0.3, -0.25) is 14.6 Å². The molecule has 0 bridgehead atoms. The molecule has 216 valence electrons. The summed E-state index contributed by atoms with van der Waals surface area (Å²) in [6.07, 6.45) is -0.586. The van der Waals surface area contributed by atoms with Crippen LogP contribution in [0, 0.1) is 12.7 Å². The smallest absolute Gasteiger partial charge is 0.337 e. The van der Waals surface area contributed by atoms with E-state index >= 15 is 0 Å². The lowest BCUT2D eigenvalue weighted by Gasteiger charge is -2.37. The summed E-state index contributed by atoms with van der Waals surface area (Å²) in [5, 5.41) is 3.97. The monoisotopic (exact) mass is 597 g/mol. The van der Waals surface area contributed by atoms with Crippen LogP contribution in [-0.4, -0.2) is 50.6 Å². The highest BCUT2D eigenvalue weighted by molar-refractivity contribution is 6.31. The second-order valence-corrected chi connectivity index (χ2v) is 10.8. The largest absolute Gasteiger partial charge is 0.417 e. The Morgan fingerprint density at radius 2 is 1.83 bits per heavy atom. The Morgan fingerprint density at radius 3 is 2.52 bits per heavy atom. The molecule has 4 heterocycles. The van der Waals surface area contributed by atoms with Gasteiger partial charge in [0.2, 0.25) is 5.91 Å². The summed E-state index contributed by atoms with van der Waals surface area (Å²) in [5.74, 6) is -0.973. The molecule has 12 heteroatoms. The van der Waals surface area contributed by atoms with Crippen molar-refractivity contribution >= 4 is 29.1 Å². The van der Waals surface area contributed by atoms with E-state index < -0.39 is 28.5 Å². The van der Waals surface area contributed by atoms with Gasteiger partial charge in [-0.25, -0.2) is 9.07 Å². The fourth-order valence-electron chi connectivity index (χ4n) is 5.62. The maximum atomic E-state index is 15.0. The van der Waals surface area contributed by atoms with Gasteiger partial charge in [0.1, 0.15) is 5.82 Å². The standard InChI is InChI=1S/C30H24ClF4N5O2/c1-17-4-5-18-13-26(41)39(28(18)27(17)32)20-8-11-38(12-9-20)29(42)24-15-25(19-3-2-10-36-16-19)40(37-24)21-6-7-23(31)22(14-21)30(33,34)35/h2-7,10,14-16,20H,8-9,11-13H2,1H3. The number of halogens is 5. The predicted molar refractivity (Wildman–Crippen MR) is 148 cm³/mol. The van der Waals surface area contributed by atoms with Gasteiger partial charge in [-0.05, 0) is 67.3 Å². The molecule has 2 amide bonds. The number of amides is 2. The van der Waals surface area contributed by atoms with Crippen molar-refractivity contribution in [3.05, 3.63) is 94.1 Å². The number of benzene rings is 2. The SMILES string of the molecule is Cc1ccc2c(c1F)N(C1CCN(C(=O)c3cc(-c4cccnc4)n(-c4ccc(Cl)c(C(F)(F)F)c4)n3)CC1)C(=O)C2. The maximum absolute atomic E-state index is 15.0. The van der Waals surface area contributed by atoms with Gasteiger partial charge >= 0.3 is 6.18 Å². The van der Waals surface area contributed by atoms with Crippen molar-refractivity contribution in [2.45, 2.75) is 38.4 Å². The third-order valence-corrected chi connectivity index (χ3v) is 8.08. The summed E-state index contributed by atoms with van der Waals surface area (Å²) in [5.41, 5.74) is 1.47. The van der Waals surface area contributed by atoms with Crippen molar-refractivity contribution < 1.29 is 27.2 Å². The number of fused-ring (bicyclic) bond motifs is 1. The van der Waals surface area contributed by atoms with Gasteiger partial charge < -0.3 is 9.80 Å². The van der Waals surface area contributed by atoms with Crippen LogP contribution in [0.4, 0.5) is 23.2 Å². The molecule has 0 saturated carbocycles. The van der Waals surface area contributed by atoms with Gasteiger partial charge in [-0.1, -0.05) is 23.7 Å². The lowest BCUT2D eigenvalue weighted by Crippen LogP contribution is -2.48. The van der Waals surface area contributed by atoms with Crippen molar-refractivity contribution in [3.8, 4) is 16.9 Å². The number of piperidine rings is 1. The summed E-state index contributed by atoms with van der Waals surface area (Å²) in [4.78, 5) is 33.6. The first-order chi connectivity index (χ1) is 20.0. The summed E-state index contributed by atoms with van der Waals surface area (Å²) in [7, 11) is 0. The van der Waals surface area contributed by atoms with Crippen LogP contribution in [0.15, 0.2) is 60.9 Å². The Kier molecular flexibility index (Phi) is 7.00. The number of pyridine rings is 1. The quantitative estimate of drug-likeness (QED) is 0.261. The van der Waals surface area contributed by atoms with E-state index in [2.05, 4.69) is 10.1 Å². The molecule has 0 aliphatic carbocycles. The second-order valence-electron chi connectivity index (χ2n) is 10.4. The molecule has 6 rings (SSSR count). The maximum Gasteiger partial charge on any atom is 0.417 e. The summed E-state index contributed by atoms with van der Waals surface area (Å²) in [6, 6.07) is 11.5. The highest BCUT2D eigenvalue weighted by Gasteiger charge is 2.38. The second kappa shape index (κ2) is 10.5. The van der Waals surface area contributed by atoms with E-state index in [9.17, 15) is 27.2 Å². The summed E-state index contributed by atoms with van der Waals surface area (Å²) in [6.45, 7) is 2.25. The minimum atomic E-state index is -4.68. The molecular formula is C30H24ClF4N5O2.